The SMILES string of the molecule is COc1ccc2nc(Cl)c(/C=N\N3CCOCC3)cc2c1. The van der Waals surface area contributed by atoms with Crippen molar-refractivity contribution in [3.8, 4) is 5.75 Å². The molecular weight excluding hydrogens is 290 g/mol. The number of ether oxygens (including phenoxy) is 2. The van der Waals surface area contributed by atoms with E-state index in [-0.39, 0.29) is 0 Å². The Labute approximate surface area is 128 Å². The highest BCUT2D eigenvalue weighted by molar-refractivity contribution is 6.32. The van der Waals surface area contributed by atoms with E-state index in [1.54, 1.807) is 13.3 Å². The highest BCUT2D eigenvalue weighted by Crippen LogP contribution is 2.23. The van der Waals surface area contributed by atoms with Gasteiger partial charge in [0.1, 0.15) is 10.9 Å². The fourth-order valence-electron chi connectivity index (χ4n) is 2.18. The van der Waals surface area contributed by atoms with Crippen molar-refractivity contribution in [3.05, 3.63) is 35.0 Å². The Kier molecular flexibility index (Phi) is 4.22. The lowest BCUT2D eigenvalue weighted by molar-refractivity contribution is 0.0397. The molecule has 21 heavy (non-hydrogen) atoms. The van der Waals surface area contributed by atoms with E-state index in [2.05, 4.69) is 10.1 Å². The fraction of sp³-hybridized carbons (Fsp3) is 0.333. The highest BCUT2D eigenvalue weighted by Gasteiger charge is 2.08. The van der Waals surface area contributed by atoms with Crippen LogP contribution in [0.3, 0.4) is 0 Å². The normalized spacial score (nSPS) is 15.8. The van der Waals surface area contributed by atoms with Crippen molar-refractivity contribution in [2.75, 3.05) is 33.4 Å². The van der Waals surface area contributed by atoms with E-state index >= 15 is 0 Å². The molecule has 0 radical (unpaired) electrons. The molecule has 2 aromatic rings. The summed E-state index contributed by atoms with van der Waals surface area (Å²) >= 11 is 6.22. The maximum absolute atomic E-state index is 6.22. The lowest BCUT2D eigenvalue weighted by Crippen LogP contribution is -2.32. The van der Waals surface area contributed by atoms with Gasteiger partial charge in [0.15, 0.2) is 0 Å². The van der Waals surface area contributed by atoms with E-state index in [4.69, 9.17) is 21.1 Å². The maximum atomic E-state index is 6.22. The molecule has 1 fully saturated rings. The summed E-state index contributed by atoms with van der Waals surface area (Å²) in [6.45, 7) is 3.00. The summed E-state index contributed by atoms with van der Waals surface area (Å²) in [4.78, 5) is 4.39. The van der Waals surface area contributed by atoms with Crippen molar-refractivity contribution in [2.45, 2.75) is 0 Å². The first-order chi connectivity index (χ1) is 10.3. The molecule has 0 atom stereocenters. The van der Waals surface area contributed by atoms with Gasteiger partial charge in [0, 0.05) is 10.9 Å². The van der Waals surface area contributed by atoms with Crippen LogP contribution in [-0.2, 0) is 4.74 Å². The number of hydrogen-bond donors (Lipinski definition) is 0. The Morgan fingerprint density at radius 3 is 2.90 bits per heavy atom. The third-order valence-corrected chi connectivity index (χ3v) is 3.65. The first-order valence-electron chi connectivity index (χ1n) is 6.77. The van der Waals surface area contributed by atoms with Crippen molar-refractivity contribution < 1.29 is 9.47 Å². The van der Waals surface area contributed by atoms with Gasteiger partial charge in [-0.2, -0.15) is 5.10 Å². The summed E-state index contributed by atoms with van der Waals surface area (Å²) in [5.41, 5.74) is 1.63. The number of hydrogen-bond acceptors (Lipinski definition) is 5. The van der Waals surface area contributed by atoms with Gasteiger partial charge in [-0.05, 0) is 24.3 Å². The summed E-state index contributed by atoms with van der Waals surface area (Å²) in [5.74, 6) is 0.794. The van der Waals surface area contributed by atoms with Crippen molar-refractivity contribution in [2.24, 2.45) is 5.10 Å². The minimum absolute atomic E-state index is 0.449. The van der Waals surface area contributed by atoms with E-state index in [0.29, 0.717) is 18.4 Å². The van der Waals surface area contributed by atoms with E-state index in [0.717, 1.165) is 35.3 Å². The first-order valence-corrected chi connectivity index (χ1v) is 7.15. The van der Waals surface area contributed by atoms with Crippen LogP contribution in [0.2, 0.25) is 5.15 Å². The molecule has 1 aromatic heterocycles. The fourth-order valence-corrected chi connectivity index (χ4v) is 2.37. The molecule has 0 bridgehead atoms. The van der Waals surface area contributed by atoms with Crippen LogP contribution >= 0.6 is 11.6 Å². The van der Waals surface area contributed by atoms with Crippen LogP contribution in [0.4, 0.5) is 0 Å². The molecule has 1 saturated heterocycles. The molecule has 0 saturated carbocycles. The Morgan fingerprint density at radius 2 is 2.14 bits per heavy atom. The Bertz CT molecular complexity index is 669. The smallest absolute Gasteiger partial charge is 0.138 e. The second kappa shape index (κ2) is 6.28. The quantitative estimate of drug-likeness (QED) is 0.646. The average Bonchev–Trinajstić information content (AvgIpc) is 2.53. The molecule has 0 N–H and O–H groups in total. The van der Waals surface area contributed by atoms with Gasteiger partial charge in [-0.25, -0.2) is 4.98 Å². The average molecular weight is 306 g/mol. The number of benzene rings is 1. The number of rotatable bonds is 3. The molecule has 5 nitrogen and oxygen atoms in total. The molecule has 2 heterocycles. The van der Waals surface area contributed by atoms with Crippen LogP contribution < -0.4 is 4.74 Å². The monoisotopic (exact) mass is 305 g/mol. The minimum Gasteiger partial charge on any atom is -0.497 e. The van der Waals surface area contributed by atoms with Crippen LogP contribution in [-0.4, -0.2) is 49.6 Å². The van der Waals surface area contributed by atoms with E-state index < -0.39 is 0 Å². The van der Waals surface area contributed by atoms with Crippen molar-refractivity contribution in [3.63, 3.8) is 0 Å². The van der Waals surface area contributed by atoms with Gasteiger partial charge in [-0.1, -0.05) is 11.6 Å². The first kappa shape index (κ1) is 14.1. The predicted octanol–water partition coefficient (Wildman–Crippen LogP) is 2.56. The molecule has 0 spiro atoms. The largest absolute Gasteiger partial charge is 0.497 e. The lowest BCUT2D eigenvalue weighted by atomic mass is 10.1. The van der Waals surface area contributed by atoms with Gasteiger partial charge >= 0.3 is 0 Å². The molecule has 0 amide bonds. The molecule has 6 heteroatoms. The number of halogens is 1. The molecule has 110 valence electrons. The zero-order valence-electron chi connectivity index (χ0n) is 11.8. The molecule has 0 unspecified atom stereocenters. The summed E-state index contributed by atoms with van der Waals surface area (Å²) < 4.78 is 10.5. The second-order valence-corrected chi connectivity index (χ2v) is 5.10. The summed E-state index contributed by atoms with van der Waals surface area (Å²) in [6, 6.07) is 7.66. The van der Waals surface area contributed by atoms with E-state index in [9.17, 15) is 0 Å². The van der Waals surface area contributed by atoms with Crippen LogP contribution in [0, 0.1) is 0 Å². The molecule has 1 aromatic carbocycles. The molecule has 3 rings (SSSR count). The number of methoxy groups -OCH3 is 1. The van der Waals surface area contributed by atoms with Crippen molar-refractivity contribution in [1.82, 2.24) is 9.99 Å². The number of fused-ring (bicyclic) bond motifs is 1. The van der Waals surface area contributed by atoms with Gasteiger partial charge < -0.3 is 9.47 Å². The van der Waals surface area contributed by atoms with Gasteiger partial charge in [0.05, 0.1) is 45.1 Å². The Hall–Kier alpha value is -1.85. The lowest BCUT2D eigenvalue weighted by Gasteiger charge is -2.23. The topological polar surface area (TPSA) is 47.0 Å². The van der Waals surface area contributed by atoms with Crippen LogP contribution in [0.25, 0.3) is 10.9 Å². The molecular formula is C15H16ClN3O2. The summed E-state index contributed by atoms with van der Waals surface area (Å²) in [7, 11) is 1.64. The second-order valence-electron chi connectivity index (χ2n) is 4.74. The molecule has 1 aliphatic rings. The predicted molar refractivity (Wildman–Crippen MR) is 83.3 cm³/mol. The Morgan fingerprint density at radius 1 is 1.33 bits per heavy atom. The number of pyridine rings is 1. The molecule has 0 aliphatic carbocycles. The zero-order valence-corrected chi connectivity index (χ0v) is 12.5. The van der Waals surface area contributed by atoms with Gasteiger partial charge in [0.2, 0.25) is 0 Å². The standard InChI is InChI=1S/C15H16ClN3O2/c1-20-13-2-3-14-11(9-13)8-12(15(16)18-14)10-17-19-4-6-21-7-5-19/h2-3,8-10H,4-7H2,1H3/b17-10-. The maximum Gasteiger partial charge on any atom is 0.138 e. The van der Waals surface area contributed by atoms with Crippen LogP contribution in [0.5, 0.6) is 5.75 Å². The number of nitrogens with zero attached hydrogens (tertiary/aromatic N) is 3. The van der Waals surface area contributed by atoms with Crippen molar-refractivity contribution in [1.29, 1.82) is 0 Å². The summed E-state index contributed by atoms with van der Waals surface area (Å²) in [6.07, 6.45) is 1.75. The third-order valence-electron chi connectivity index (χ3n) is 3.35. The Balaban J connectivity index is 1.89. The zero-order chi connectivity index (χ0) is 14.7. The van der Waals surface area contributed by atoms with Crippen molar-refractivity contribution >= 4 is 28.7 Å². The third kappa shape index (κ3) is 3.25. The van der Waals surface area contributed by atoms with Gasteiger partial charge in [-0.3, -0.25) is 5.01 Å². The number of morpholine rings is 1. The van der Waals surface area contributed by atoms with Gasteiger partial charge in [0.25, 0.3) is 0 Å². The van der Waals surface area contributed by atoms with Crippen LogP contribution in [0.1, 0.15) is 5.56 Å². The van der Waals surface area contributed by atoms with E-state index in [1.807, 2.05) is 29.3 Å². The highest BCUT2D eigenvalue weighted by atomic mass is 35.5. The molecule has 1 aliphatic heterocycles. The minimum atomic E-state index is 0.449. The van der Waals surface area contributed by atoms with Gasteiger partial charge in [-0.15, -0.1) is 0 Å². The van der Waals surface area contributed by atoms with E-state index in [1.165, 1.54) is 0 Å². The number of hydrazone groups is 1. The number of aromatic nitrogens is 1. The van der Waals surface area contributed by atoms with Crippen LogP contribution in [0.15, 0.2) is 29.4 Å². The summed E-state index contributed by atoms with van der Waals surface area (Å²) in [5, 5.41) is 7.83.